The molecular formula is C16H21FN2O3. The molecule has 3 N–H and O–H groups in total. The van der Waals surface area contributed by atoms with Crippen LogP contribution in [0.4, 0.5) is 14.9 Å². The zero-order valence-electron chi connectivity index (χ0n) is 12.8. The fraction of sp³-hybridized carbons (Fsp3) is 0.438. The minimum absolute atomic E-state index is 0.00729. The molecule has 0 spiro atoms. The van der Waals surface area contributed by atoms with Crippen LogP contribution >= 0.6 is 0 Å². The average molecular weight is 308 g/mol. The summed E-state index contributed by atoms with van der Waals surface area (Å²) in [7, 11) is 0. The number of rotatable bonds is 7. The van der Waals surface area contributed by atoms with Gasteiger partial charge in [0.1, 0.15) is 18.2 Å². The Morgan fingerprint density at radius 3 is 2.73 bits per heavy atom. The summed E-state index contributed by atoms with van der Waals surface area (Å²) in [5.41, 5.74) is -0.786. The maximum Gasteiger partial charge on any atom is 0.319 e. The Balaban J connectivity index is 2.71. The fourth-order valence-electron chi connectivity index (χ4n) is 1.76. The van der Waals surface area contributed by atoms with Gasteiger partial charge in [0.25, 0.3) is 0 Å². The number of anilines is 1. The van der Waals surface area contributed by atoms with Crippen molar-refractivity contribution in [1.82, 2.24) is 5.32 Å². The number of aliphatic hydroxyl groups is 1. The first-order valence-electron chi connectivity index (χ1n) is 7.07. The lowest BCUT2D eigenvalue weighted by atomic mass is 9.98. The molecule has 0 saturated heterocycles. The zero-order chi connectivity index (χ0) is 16.6. The SMILES string of the molecule is C#CCOc1ccc(F)cc1NC(=O)NCC(O)(CC)CC. The van der Waals surface area contributed by atoms with E-state index in [1.165, 1.54) is 12.1 Å². The third kappa shape index (κ3) is 5.26. The first kappa shape index (κ1) is 17.8. The number of urea groups is 1. The summed E-state index contributed by atoms with van der Waals surface area (Å²) in [5, 5.41) is 15.2. The van der Waals surface area contributed by atoms with E-state index in [1.54, 1.807) is 0 Å². The van der Waals surface area contributed by atoms with Crippen LogP contribution in [0.2, 0.25) is 0 Å². The predicted octanol–water partition coefficient (Wildman–Crippen LogP) is 2.51. The molecule has 120 valence electrons. The highest BCUT2D eigenvalue weighted by atomic mass is 19.1. The molecule has 22 heavy (non-hydrogen) atoms. The van der Waals surface area contributed by atoms with Gasteiger partial charge in [-0.15, -0.1) is 6.42 Å². The predicted molar refractivity (Wildman–Crippen MR) is 83.3 cm³/mol. The Kier molecular flexibility index (Phi) is 6.67. The minimum Gasteiger partial charge on any atom is -0.479 e. The number of nitrogens with one attached hydrogen (secondary N) is 2. The molecule has 0 saturated carbocycles. The second kappa shape index (κ2) is 8.25. The molecule has 0 atom stereocenters. The summed E-state index contributed by atoms with van der Waals surface area (Å²) in [4.78, 5) is 11.9. The second-order valence-corrected chi connectivity index (χ2v) is 4.87. The van der Waals surface area contributed by atoms with E-state index in [9.17, 15) is 14.3 Å². The number of carbonyl (C=O) groups is 1. The van der Waals surface area contributed by atoms with Gasteiger partial charge in [-0.3, -0.25) is 0 Å². The number of carbonyl (C=O) groups excluding carboxylic acids is 1. The maximum atomic E-state index is 13.3. The van der Waals surface area contributed by atoms with Crippen LogP contribution in [0, 0.1) is 18.2 Å². The molecule has 5 nitrogen and oxygen atoms in total. The van der Waals surface area contributed by atoms with E-state index in [1.807, 2.05) is 13.8 Å². The van der Waals surface area contributed by atoms with Gasteiger partial charge in [-0.05, 0) is 25.0 Å². The molecule has 0 aliphatic heterocycles. The second-order valence-electron chi connectivity index (χ2n) is 4.87. The molecule has 1 aromatic rings. The quantitative estimate of drug-likeness (QED) is 0.678. The molecule has 0 heterocycles. The van der Waals surface area contributed by atoms with Crippen LogP contribution in [0.15, 0.2) is 18.2 Å². The monoisotopic (exact) mass is 308 g/mol. The van der Waals surface area contributed by atoms with Gasteiger partial charge in [-0.1, -0.05) is 19.8 Å². The van der Waals surface area contributed by atoms with E-state index in [4.69, 9.17) is 11.2 Å². The van der Waals surface area contributed by atoms with Crippen molar-refractivity contribution in [3.8, 4) is 18.1 Å². The topological polar surface area (TPSA) is 70.6 Å². The zero-order valence-corrected chi connectivity index (χ0v) is 12.8. The Labute approximate surface area is 129 Å². The third-order valence-electron chi connectivity index (χ3n) is 3.40. The highest BCUT2D eigenvalue weighted by Gasteiger charge is 2.22. The number of benzene rings is 1. The Morgan fingerprint density at radius 1 is 1.45 bits per heavy atom. The van der Waals surface area contributed by atoms with Crippen molar-refractivity contribution in [2.24, 2.45) is 0 Å². The van der Waals surface area contributed by atoms with Crippen molar-refractivity contribution in [3.05, 3.63) is 24.0 Å². The third-order valence-corrected chi connectivity index (χ3v) is 3.40. The summed E-state index contributed by atoms with van der Waals surface area (Å²) in [6.07, 6.45) is 6.14. The standard InChI is InChI=1S/C16H21FN2O3/c1-4-9-22-14-8-7-12(17)10-13(14)19-15(20)18-11-16(21,5-2)6-3/h1,7-8,10,21H,5-6,9,11H2,2-3H3,(H2,18,19,20). The Hall–Kier alpha value is -2.26. The fourth-order valence-corrected chi connectivity index (χ4v) is 1.76. The minimum atomic E-state index is -0.956. The Bertz CT molecular complexity index is 551. The van der Waals surface area contributed by atoms with Gasteiger partial charge in [-0.25, -0.2) is 9.18 Å². The van der Waals surface area contributed by atoms with E-state index in [0.29, 0.717) is 12.8 Å². The average Bonchev–Trinajstić information content (AvgIpc) is 2.52. The van der Waals surface area contributed by atoms with Gasteiger partial charge >= 0.3 is 6.03 Å². The van der Waals surface area contributed by atoms with Crippen LogP contribution in [0.25, 0.3) is 0 Å². The van der Waals surface area contributed by atoms with Crippen LogP contribution < -0.4 is 15.4 Å². The summed E-state index contributed by atoms with van der Waals surface area (Å²) in [6.45, 7) is 3.78. The van der Waals surface area contributed by atoms with E-state index in [-0.39, 0.29) is 24.6 Å². The highest BCUT2D eigenvalue weighted by Crippen LogP contribution is 2.25. The normalized spacial score (nSPS) is 10.7. The van der Waals surface area contributed by atoms with Crippen molar-refractivity contribution in [3.63, 3.8) is 0 Å². The summed E-state index contributed by atoms with van der Waals surface area (Å²) >= 11 is 0. The van der Waals surface area contributed by atoms with Gasteiger partial charge in [0.05, 0.1) is 11.3 Å². The number of ether oxygens (including phenoxy) is 1. The first-order chi connectivity index (χ1) is 10.4. The molecule has 6 heteroatoms. The molecular weight excluding hydrogens is 287 g/mol. The number of halogens is 1. The molecule has 1 rings (SSSR count). The molecule has 0 radical (unpaired) electrons. The summed E-state index contributed by atoms with van der Waals surface area (Å²) in [5.74, 6) is 2.06. The van der Waals surface area contributed by atoms with Gasteiger partial charge < -0.3 is 20.5 Å². The van der Waals surface area contributed by atoms with Crippen LogP contribution in [-0.4, -0.2) is 29.9 Å². The van der Waals surface area contributed by atoms with E-state index < -0.39 is 17.4 Å². The van der Waals surface area contributed by atoms with Crippen molar-refractivity contribution >= 4 is 11.7 Å². The largest absolute Gasteiger partial charge is 0.479 e. The number of terminal acetylenes is 1. The van der Waals surface area contributed by atoms with Gasteiger partial charge in [-0.2, -0.15) is 0 Å². The molecule has 0 aliphatic carbocycles. The lowest BCUT2D eigenvalue weighted by Crippen LogP contribution is -2.43. The molecule has 0 aromatic heterocycles. The Morgan fingerprint density at radius 2 is 2.14 bits per heavy atom. The van der Waals surface area contributed by atoms with E-state index >= 15 is 0 Å². The van der Waals surface area contributed by atoms with Crippen molar-refractivity contribution in [2.45, 2.75) is 32.3 Å². The van der Waals surface area contributed by atoms with E-state index in [2.05, 4.69) is 16.6 Å². The number of hydrogen-bond acceptors (Lipinski definition) is 3. The van der Waals surface area contributed by atoms with Crippen LogP contribution in [0.1, 0.15) is 26.7 Å². The molecule has 0 bridgehead atoms. The molecule has 1 aromatic carbocycles. The van der Waals surface area contributed by atoms with Gasteiger partial charge in [0, 0.05) is 12.6 Å². The van der Waals surface area contributed by atoms with Crippen molar-refractivity contribution in [2.75, 3.05) is 18.5 Å². The van der Waals surface area contributed by atoms with E-state index in [0.717, 1.165) is 6.07 Å². The number of hydrogen-bond donors (Lipinski definition) is 3. The molecule has 0 aliphatic rings. The summed E-state index contributed by atoms with van der Waals surface area (Å²) < 4.78 is 18.5. The molecule has 0 unspecified atom stereocenters. The lowest BCUT2D eigenvalue weighted by molar-refractivity contribution is 0.0354. The van der Waals surface area contributed by atoms with Crippen LogP contribution in [0.5, 0.6) is 5.75 Å². The van der Waals surface area contributed by atoms with Gasteiger partial charge in [0.2, 0.25) is 0 Å². The lowest BCUT2D eigenvalue weighted by Gasteiger charge is -2.25. The van der Waals surface area contributed by atoms with Gasteiger partial charge in [0.15, 0.2) is 0 Å². The highest BCUT2D eigenvalue weighted by molar-refractivity contribution is 5.90. The smallest absolute Gasteiger partial charge is 0.319 e. The van der Waals surface area contributed by atoms with Crippen LogP contribution in [-0.2, 0) is 0 Å². The van der Waals surface area contributed by atoms with Crippen molar-refractivity contribution < 1.29 is 19.0 Å². The molecule has 0 fully saturated rings. The van der Waals surface area contributed by atoms with Crippen molar-refractivity contribution in [1.29, 1.82) is 0 Å². The molecule has 2 amide bonds. The first-order valence-corrected chi connectivity index (χ1v) is 7.07. The maximum absolute atomic E-state index is 13.3. The summed E-state index contributed by atoms with van der Waals surface area (Å²) in [6, 6.07) is 3.17. The number of amides is 2. The van der Waals surface area contributed by atoms with Crippen LogP contribution in [0.3, 0.4) is 0 Å².